The largest absolute Gasteiger partial charge is 0.449 e. The predicted molar refractivity (Wildman–Crippen MR) is 46.9 cm³/mol. The van der Waals surface area contributed by atoms with Crippen LogP contribution in [-0.4, -0.2) is 18.7 Å². The first-order valence-corrected chi connectivity index (χ1v) is 4.21. The molecule has 0 bridgehead atoms. The summed E-state index contributed by atoms with van der Waals surface area (Å²) in [6.07, 6.45) is 1.76. The van der Waals surface area contributed by atoms with Crippen molar-refractivity contribution in [1.29, 1.82) is 0 Å². The van der Waals surface area contributed by atoms with Crippen molar-refractivity contribution in [3.05, 3.63) is 11.6 Å². The van der Waals surface area contributed by atoms with Crippen molar-refractivity contribution in [3.8, 4) is 0 Å². The molecule has 0 heterocycles. The minimum absolute atomic E-state index is 0.144. The zero-order valence-corrected chi connectivity index (χ0v) is 7.76. The molecule has 1 amide bonds. The van der Waals surface area contributed by atoms with E-state index in [0.717, 1.165) is 0 Å². The molecule has 12 heavy (non-hydrogen) atoms. The first-order valence-electron chi connectivity index (χ1n) is 4.21. The summed E-state index contributed by atoms with van der Waals surface area (Å²) in [6.45, 7) is 6.34. The Morgan fingerprint density at radius 3 is 2.75 bits per heavy atom. The van der Waals surface area contributed by atoms with Crippen molar-refractivity contribution < 1.29 is 9.53 Å². The fourth-order valence-corrected chi connectivity index (χ4v) is 0.892. The van der Waals surface area contributed by atoms with Gasteiger partial charge in [-0.3, -0.25) is 0 Å². The topological polar surface area (TPSA) is 38.3 Å². The Balaban J connectivity index is 2.03. The van der Waals surface area contributed by atoms with Crippen molar-refractivity contribution in [2.45, 2.75) is 26.8 Å². The first-order chi connectivity index (χ1) is 5.59. The van der Waals surface area contributed by atoms with E-state index in [0.29, 0.717) is 12.5 Å². The van der Waals surface area contributed by atoms with Gasteiger partial charge in [0.2, 0.25) is 0 Å². The highest BCUT2D eigenvalue weighted by Gasteiger charge is 2.21. The highest BCUT2D eigenvalue weighted by Crippen LogP contribution is 2.27. The number of rotatable bonds is 3. The lowest BCUT2D eigenvalue weighted by atomic mass is 10.3. The van der Waals surface area contributed by atoms with Crippen LogP contribution < -0.4 is 5.32 Å². The molecule has 0 aromatic heterocycles. The van der Waals surface area contributed by atoms with Crippen molar-refractivity contribution in [1.82, 2.24) is 5.32 Å². The molecule has 68 valence electrons. The van der Waals surface area contributed by atoms with Gasteiger partial charge in [0.15, 0.2) is 0 Å². The number of ether oxygens (including phenoxy) is 1. The number of amides is 1. The van der Waals surface area contributed by atoms with Gasteiger partial charge in [-0.1, -0.05) is 11.6 Å². The second kappa shape index (κ2) is 3.61. The van der Waals surface area contributed by atoms with Crippen LogP contribution in [0.25, 0.3) is 0 Å². The van der Waals surface area contributed by atoms with Crippen LogP contribution in [-0.2, 0) is 4.74 Å². The molecule has 0 radical (unpaired) electrons. The Labute approximate surface area is 72.8 Å². The van der Waals surface area contributed by atoms with Gasteiger partial charge < -0.3 is 10.1 Å². The summed E-state index contributed by atoms with van der Waals surface area (Å²) in [5.41, 5.74) is 1.31. The Morgan fingerprint density at radius 1 is 1.75 bits per heavy atom. The van der Waals surface area contributed by atoms with Crippen LogP contribution in [0.3, 0.4) is 0 Å². The number of carbonyl (C=O) groups excluding carboxylic acids is 1. The van der Waals surface area contributed by atoms with Crippen molar-refractivity contribution in [2.75, 3.05) is 6.61 Å². The third kappa shape index (κ3) is 2.95. The normalized spacial score (nSPS) is 20.3. The number of hydrogen-bond acceptors (Lipinski definition) is 2. The Bertz CT molecular complexity index is 209. The molecule has 1 unspecified atom stereocenters. The van der Waals surface area contributed by atoms with Gasteiger partial charge in [-0.15, -0.1) is 0 Å². The molecule has 3 nitrogen and oxygen atoms in total. The van der Waals surface area contributed by atoms with E-state index >= 15 is 0 Å². The standard InChI is InChI=1S/C9H15NO2/c1-6(2)10-9(11)12-5-8-4-7(8)3/h4,6,8H,5H2,1-3H3,(H,10,11). The minimum Gasteiger partial charge on any atom is -0.449 e. The average Bonchev–Trinajstić information content (AvgIpc) is 2.61. The van der Waals surface area contributed by atoms with E-state index < -0.39 is 0 Å². The van der Waals surface area contributed by atoms with Gasteiger partial charge in [0.1, 0.15) is 6.61 Å². The molecule has 0 spiro atoms. The summed E-state index contributed by atoms with van der Waals surface area (Å²) in [4.78, 5) is 10.9. The molecule has 1 rings (SSSR count). The van der Waals surface area contributed by atoms with Crippen molar-refractivity contribution in [2.24, 2.45) is 5.92 Å². The lowest BCUT2D eigenvalue weighted by molar-refractivity contribution is 0.140. The second-order valence-electron chi connectivity index (χ2n) is 3.41. The van der Waals surface area contributed by atoms with Crippen LogP contribution in [0.1, 0.15) is 20.8 Å². The molecule has 0 saturated heterocycles. The number of alkyl carbamates (subject to hydrolysis) is 1. The fourth-order valence-electron chi connectivity index (χ4n) is 0.892. The van der Waals surface area contributed by atoms with Crippen LogP contribution >= 0.6 is 0 Å². The van der Waals surface area contributed by atoms with Gasteiger partial charge in [-0.05, 0) is 20.8 Å². The van der Waals surface area contributed by atoms with Crippen LogP contribution in [0.15, 0.2) is 11.6 Å². The van der Waals surface area contributed by atoms with Gasteiger partial charge in [-0.2, -0.15) is 0 Å². The van der Waals surface area contributed by atoms with E-state index in [2.05, 4.69) is 11.4 Å². The highest BCUT2D eigenvalue weighted by molar-refractivity contribution is 5.67. The Kier molecular flexibility index (Phi) is 2.74. The maximum atomic E-state index is 10.9. The number of hydrogen-bond donors (Lipinski definition) is 1. The molecule has 0 fully saturated rings. The van der Waals surface area contributed by atoms with E-state index in [1.54, 1.807) is 0 Å². The summed E-state index contributed by atoms with van der Waals surface area (Å²) in [5, 5.41) is 2.66. The van der Waals surface area contributed by atoms with Gasteiger partial charge >= 0.3 is 6.09 Å². The summed E-state index contributed by atoms with van der Waals surface area (Å²) >= 11 is 0. The maximum absolute atomic E-state index is 10.9. The molecule has 1 aliphatic carbocycles. The molecule has 1 atom stereocenters. The third-order valence-corrected chi connectivity index (χ3v) is 1.74. The molecular weight excluding hydrogens is 154 g/mol. The Morgan fingerprint density at radius 2 is 2.33 bits per heavy atom. The third-order valence-electron chi connectivity index (χ3n) is 1.74. The molecule has 3 heteroatoms. The van der Waals surface area contributed by atoms with E-state index in [4.69, 9.17) is 4.74 Å². The Hall–Kier alpha value is -0.990. The summed E-state index contributed by atoms with van der Waals surface area (Å²) < 4.78 is 4.95. The molecule has 0 aromatic carbocycles. The van der Waals surface area contributed by atoms with E-state index in [9.17, 15) is 4.79 Å². The van der Waals surface area contributed by atoms with Crippen LogP contribution in [0.5, 0.6) is 0 Å². The lowest BCUT2D eigenvalue weighted by Gasteiger charge is -2.08. The zero-order valence-electron chi connectivity index (χ0n) is 7.76. The van der Waals surface area contributed by atoms with Crippen LogP contribution in [0.2, 0.25) is 0 Å². The quantitative estimate of drug-likeness (QED) is 0.653. The van der Waals surface area contributed by atoms with Crippen molar-refractivity contribution >= 4 is 6.09 Å². The van der Waals surface area contributed by atoms with Gasteiger partial charge in [0.05, 0.1) is 0 Å². The van der Waals surface area contributed by atoms with Crippen LogP contribution in [0, 0.1) is 5.92 Å². The monoisotopic (exact) mass is 169 g/mol. The molecule has 0 aliphatic heterocycles. The second-order valence-corrected chi connectivity index (χ2v) is 3.41. The average molecular weight is 169 g/mol. The van der Waals surface area contributed by atoms with E-state index in [-0.39, 0.29) is 12.1 Å². The number of nitrogens with one attached hydrogen (secondary N) is 1. The van der Waals surface area contributed by atoms with Gasteiger partial charge in [0.25, 0.3) is 0 Å². The molecule has 0 saturated carbocycles. The van der Waals surface area contributed by atoms with E-state index in [1.165, 1.54) is 5.57 Å². The fraction of sp³-hybridized carbons (Fsp3) is 0.667. The van der Waals surface area contributed by atoms with Gasteiger partial charge in [-0.25, -0.2) is 4.79 Å². The lowest BCUT2D eigenvalue weighted by Crippen LogP contribution is -2.31. The SMILES string of the molecule is CC1=CC1COC(=O)NC(C)C. The van der Waals surface area contributed by atoms with Gasteiger partial charge in [0, 0.05) is 12.0 Å². The maximum Gasteiger partial charge on any atom is 0.407 e. The summed E-state index contributed by atoms with van der Waals surface area (Å²) in [6, 6.07) is 0.144. The molecular formula is C9H15NO2. The summed E-state index contributed by atoms with van der Waals surface area (Å²) in [5.74, 6) is 0.405. The van der Waals surface area contributed by atoms with Crippen molar-refractivity contribution in [3.63, 3.8) is 0 Å². The summed E-state index contributed by atoms with van der Waals surface area (Å²) in [7, 11) is 0. The number of carbonyl (C=O) groups is 1. The smallest absolute Gasteiger partial charge is 0.407 e. The minimum atomic E-state index is -0.321. The highest BCUT2D eigenvalue weighted by atomic mass is 16.5. The zero-order chi connectivity index (χ0) is 9.14. The van der Waals surface area contributed by atoms with Crippen LogP contribution in [0.4, 0.5) is 4.79 Å². The first kappa shape index (κ1) is 9.10. The molecule has 1 N–H and O–H groups in total. The molecule has 0 aromatic rings. The molecule has 1 aliphatic rings. The predicted octanol–water partition coefficient (Wildman–Crippen LogP) is 1.70. The van der Waals surface area contributed by atoms with E-state index in [1.807, 2.05) is 20.8 Å².